The molecule has 2 heterocycles. The minimum Gasteiger partial charge on any atom is -0.493 e. The van der Waals surface area contributed by atoms with Crippen molar-refractivity contribution in [2.75, 3.05) is 14.2 Å². The number of fused-ring (bicyclic) bond motifs is 1. The first-order valence-electron chi connectivity index (χ1n) is 6.26. The van der Waals surface area contributed by atoms with Gasteiger partial charge in [-0.1, -0.05) is 12.1 Å². The zero-order chi connectivity index (χ0) is 13.9. The Morgan fingerprint density at radius 3 is 2.35 bits per heavy atom. The molecule has 0 aliphatic carbocycles. The highest BCUT2D eigenvalue weighted by Crippen LogP contribution is 2.32. The van der Waals surface area contributed by atoms with Crippen LogP contribution in [0.1, 0.15) is 0 Å². The van der Waals surface area contributed by atoms with E-state index < -0.39 is 0 Å². The van der Waals surface area contributed by atoms with Gasteiger partial charge in [0.2, 0.25) is 0 Å². The van der Waals surface area contributed by atoms with Gasteiger partial charge in [-0.25, -0.2) is 4.98 Å². The molecule has 0 unspecified atom stereocenters. The quantitative estimate of drug-likeness (QED) is 0.729. The van der Waals surface area contributed by atoms with Crippen LogP contribution in [-0.4, -0.2) is 24.2 Å². The lowest BCUT2D eigenvalue weighted by atomic mass is 10.1. The van der Waals surface area contributed by atoms with Crippen LogP contribution in [-0.2, 0) is 0 Å². The van der Waals surface area contributed by atoms with Crippen molar-refractivity contribution in [1.29, 1.82) is 0 Å². The highest BCUT2D eigenvalue weighted by Gasteiger charge is 2.08. The number of nitrogens with zero attached hydrogens (tertiary/aromatic N) is 2. The molecule has 0 atom stereocenters. The minimum absolute atomic E-state index is 0.672. The number of hydrogen-bond donors (Lipinski definition) is 0. The van der Waals surface area contributed by atoms with Crippen molar-refractivity contribution >= 4 is 10.9 Å². The predicted molar refractivity (Wildman–Crippen MR) is 78.1 cm³/mol. The smallest absolute Gasteiger partial charge is 0.162 e. The number of ether oxygens (including phenoxy) is 2. The van der Waals surface area contributed by atoms with E-state index in [-0.39, 0.29) is 0 Å². The van der Waals surface area contributed by atoms with E-state index in [0.717, 1.165) is 22.3 Å². The van der Waals surface area contributed by atoms with Gasteiger partial charge < -0.3 is 9.47 Å². The highest BCUT2D eigenvalue weighted by atomic mass is 16.5. The summed E-state index contributed by atoms with van der Waals surface area (Å²) in [6.45, 7) is 0. The third-order valence-corrected chi connectivity index (χ3v) is 3.12. The van der Waals surface area contributed by atoms with Crippen LogP contribution in [0.5, 0.6) is 11.5 Å². The van der Waals surface area contributed by atoms with E-state index in [1.54, 1.807) is 20.4 Å². The number of rotatable bonds is 3. The number of methoxy groups -OCH3 is 2. The Kier molecular flexibility index (Phi) is 3.21. The number of pyridine rings is 2. The van der Waals surface area contributed by atoms with Crippen LogP contribution in [0.3, 0.4) is 0 Å². The highest BCUT2D eigenvalue weighted by molar-refractivity contribution is 5.84. The standard InChI is InChI=1S/C16H14N2O2/c1-19-15-9-11-6-7-13(12-5-3-4-8-17-12)18-14(11)10-16(15)20-2/h3-10H,1-2H3. The summed E-state index contributed by atoms with van der Waals surface area (Å²) in [5, 5.41) is 1.00. The van der Waals surface area contributed by atoms with E-state index in [9.17, 15) is 0 Å². The second kappa shape index (κ2) is 5.17. The summed E-state index contributed by atoms with van der Waals surface area (Å²) in [5.74, 6) is 1.37. The van der Waals surface area contributed by atoms with E-state index >= 15 is 0 Å². The van der Waals surface area contributed by atoms with Gasteiger partial charge >= 0.3 is 0 Å². The molecule has 0 saturated carbocycles. The van der Waals surface area contributed by atoms with Crippen LogP contribution >= 0.6 is 0 Å². The molecule has 0 aliphatic heterocycles. The van der Waals surface area contributed by atoms with E-state index in [0.29, 0.717) is 11.5 Å². The van der Waals surface area contributed by atoms with Gasteiger partial charge in [0.05, 0.1) is 31.1 Å². The van der Waals surface area contributed by atoms with Gasteiger partial charge in [-0.15, -0.1) is 0 Å². The Morgan fingerprint density at radius 2 is 1.65 bits per heavy atom. The fourth-order valence-electron chi connectivity index (χ4n) is 2.11. The van der Waals surface area contributed by atoms with E-state index in [2.05, 4.69) is 9.97 Å². The summed E-state index contributed by atoms with van der Waals surface area (Å²) >= 11 is 0. The maximum absolute atomic E-state index is 5.31. The van der Waals surface area contributed by atoms with Crippen molar-refractivity contribution in [2.45, 2.75) is 0 Å². The molecule has 0 aliphatic rings. The minimum atomic E-state index is 0.672. The SMILES string of the molecule is COc1cc2ccc(-c3ccccn3)nc2cc1OC. The molecule has 100 valence electrons. The molecule has 4 heteroatoms. The number of benzene rings is 1. The van der Waals surface area contributed by atoms with Gasteiger partial charge in [-0.3, -0.25) is 4.98 Å². The van der Waals surface area contributed by atoms with Crippen molar-refractivity contribution in [3.63, 3.8) is 0 Å². The molecule has 2 aromatic heterocycles. The summed E-state index contributed by atoms with van der Waals surface area (Å²) in [4.78, 5) is 8.95. The van der Waals surface area contributed by atoms with Crippen LogP contribution in [0.2, 0.25) is 0 Å². The topological polar surface area (TPSA) is 44.2 Å². The molecule has 0 amide bonds. The van der Waals surface area contributed by atoms with Crippen molar-refractivity contribution in [3.8, 4) is 22.9 Å². The zero-order valence-corrected chi connectivity index (χ0v) is 11.3. The molecule has 0 saturated heterocycles. The van der Waals surface area contributed by atoms with Gasteiger partial charge in [-0.2, -0.15) is 0 Å². The number of aromatic nitrogens is 2. The van der Waals surface area contributed by atoms with Crippen LogP contribution in [0.25, 0.3) is 22.3 Å². The first kappa shape index (κ1) is 12.4. The van der Waals surface area contributed by atoms with Gasteiger partial charge in [-0.05, 0) is 24.3 Å². The second-order valence-corrected chi connectivity index (χ2v) is 4.31. The summed E-state index contributed by atoms with van der Waals surface area (Å²) < 4.78 is 10.6. The summed E-state index contributed by atoms with van der Waals surface area (Å²) in [6.07, 6.45) is 1.76. The molecule has 3 rings (SSSR count). The van der Waals surface area contributed by atoms with E-state index in [1.807, 2.05) is 42.5 Å². The second-order valence-electron chi connectivity index (χ2n) is 4.31. The fourth-order valence-corrected chi connectivity index (χ4v) is 2.11. The lowest BCUT2D eigenvalue weighted by molar-refractivity contribution is 0.356. The molecule has 20 heavy (non-hydrogen) atoms. The first-order valence-corrected chi connectivity index (χ1v) is 6.26. The summed E-state index contributed by atoms with van der Waals surface area (Å²) in [7, 11) is 3.24. The molecule has 0 N–H and O–H groups in total. The molecule has 4 nitrogen and oxygen atoms in total. The number of hydrogen-bond acceptors (Lipinski definition) is 4. The predicted octanol–water partition coefficient (Wildman–Crippen LogP) is 3.31. The maximum atomic E-state index is 5.31. The van der Waals surface area contributed by atoms with Crippen LogP contribution in [0.15, 0.2) is 48.7 Å². The van der Waals surface area contributed by atoms with Crippen molar-refractivity contribution in [2.24, 2.45) is 0 Å². The van der Waals surface area contributed by atoms with Crippen LogP contribution in [0, 0.1) is 0 Å². The molecule has 0 fully saturated rings. The fraction of sp³-hybridized carbons (Fsp3) is 0.125. The monoisotopic (exact) mass is 266 g/mol. The Hall–Kier alpha value is -2.62. The first-order chi connectivity index (χ1) is 9.81. The Bertz CT molecular complexity index is 742. The molecule has 3 aromatic rings. The molecule has 0 radical (unpaired) electrons. The van der Waals surface area contributed by atoms with Gasteiger partial charge in [0.25, 0.3) is 0 Å². The van der Waals surface area contributed by atoms with E-state index in [4.69, 9.17) is 9.47 Å². The lowest BCUT2D eigenvalue weighted by Crippen LogP contribution is -1.93. The normalized spacial score (nSPS) is 10.5. The molecular weight excluding hydrogens is 252 g/mol. The third kappa shape index (κ3) is 2.16. The average Bonchev–Trinajstić information content (AvgIpc) is 2.53. The largest absolute Gasteiger partial charge is 0.493 e. The molecular formula is C16H14N2O2. The van der Waals surface area contributed by atoms with Gasteiger partial charge in [0, 0.05) is 17.6 Å². The van der Waals surface area contributed by atoms with E-state index in [1.165, 1.54) is 0 Å². The maximum Gasteiger partial charge on any atom is 0.162 e. The van der Waals surface area contributed by atoms with Crippen LogP contribution < -0.4 is 9.47 Å². The van der Waals surface area contributed by atoms with Crippen molar-refractivity contribution in [1.82, 2.24) is 9.97 Å². The van der Waals surface area contributed by atoms with Crippen LogP contribution in [0.4, 0.5) is 0 Å². The average molecular weight is 266 g/mol. The Labute approximate surface area is 117 Å². The molecule has 0 bridgehead atoms. The van der Waals surface area contributed by atoms with Crippen molar-refractivity contribution in [3.05, 3.63) is 48.7 Å². The summed E-state index contributed by atoms with van der Waals surface area (Å²) in [6, 6.07) is 13.5. The van der Waals surface area contributed by atoms with Gasteiger partial charge in [0.15, 0.2) is 11.5 Å². The Balaban J connectivity index is 2.16. The molecule has 1 aromatic carbocycles. The summed E-state index contributed by atoms with van der Waals surface area (Å²) in [5.41, 5.74) is 2.54. The van der Waals surface area contributed by atoms with Crippen molar-refractivity contribution < 1.29 is 9.47 Å². The van der Waals surface area contributed by atoms with Gasteiger partial charge in [0.1, 0.15) is 0 Å². The third-order valence-electron chi connectivity index (χ3n) is 3.12. The molecule has 0 spiro atoms. The Morgan fingerprint density at radius 1 is 0.850 bits per heavy atom. The lowest BCUT2D eigenvalue weighted by Gasteiger charge is -2.09. The zero-order valence-electron chi connectivity index (χ0n) is 11.3.